The van der Waals surface area contributed by atoms with Crippen molar-refractivity contribution in [3.8, 4) is 0 Å². The van der Waals surface area contributed by atoms with Crippen LogP contribution in [0.2, 0.25) is 0 Å². The van der Waals surface area contributed by atoms with Gasteiger partial charge in [0, 0.05) is 25.7 Å². The minimum Gasteiger partial charge on any atom is -0.462 e. The number of aliphatic hydroxyl groups is 1. The Morgan fingerprint density at radius 3 is 0.777 bits per heavy atom. The van der Waals surface area contributed by atoms with E-state index in [1.165, 1.54) is 180 Å². The van der Waals surface area contributed by atoms with E-state index in [4.69, 9.17) is 37.0 Å². The Bertz CT molecular complexity index is 1880. The van der Waals surface area contributed by atoms with E-state index in [2.05, 4.69) is 52.0 Å². The highest BCUT2D eigenvalue weighted by Gasteiger charge is 2.30. The molecule has 0 amide bonds. The second kappa shape index (κ2) is 69.0. The fourth-order valence-electron chi connectivity index (χ4n) is 11.0. The largest absolute Gasteiger partial charge is 0.472 e. The monoisotopic (exact) mass is 1380 g/mol. The van der Waals surface area contributed by atoms with Crippen LogP contribution in [0.5, 0.6) is 0 Å². The van der Waals surface area contributed by atoms with Gasteiger partial charge in [-0.3, -0.25) is 37.3 Å². The number of esters is 4. The van der Waals surface area contributed by atoms with E-state index in [1.54, 1.807) is 0 Å². The molecule has 0 heterocycles. The molecular weight excluding hydrogens is 1230 g/mol. The number of aliphatic hydroxyl groups excluding tert-OH is 1. The number of carbonyl (C=O) groups is 4. The summed E-state index contributed by atoms with van der Waals surface area (Å²) in [6, 6.07) is 0. The summed E-state index contributed by atoms with van der Waals surface area (Å²) in [5, 5.41) is 10.6. The summed E-state index contributed by atoms with van der Waals surface area (Å²) in [6.45, 7) is 4.90. The van der Waals surface area contributed by atoms with Crippen LogP contribution in [0.4, 0.5) is 0 Å². The van der Waals surface area contributed by atoms with E-state index in [0.717, 1.165) is 116 Å². The fraction of sp³-hybridized carbons (Fsp3) is 0.893. The smallest absolute Gasteiger partial charge is 0.462 e. The van der Waals surface area contributed by atoms with Crippen LogP contribution in [-0.2, 0) is 65.4 Å². The van der Waals surface area contributed by atoms with E-state index < -0.39 is 97.5 Å². The highest BCUT2D eigenvalue weighted by atomic mass is 31.2. The van der Waals surface area contributed by atoms with E-state index in [1.807, 2.05) is 0 Å². The first-order valence-electron chi connectivity index (χ1n) is 38.6. The molecule has 17 nitrogen and oxygen atoms in total. The van der Waals surface area contributed by atoms with Crippen molar-refractivity contribution >= 4 is 39.5 Å². The molecule has 94 heavy (non-hydrogen) atoms. The normalized spacial score (nSPS) is 14.1. The zero-order chi connectivity index (χ0) is 69.0. The third-order valence-corrected chi connectivity index (χ3v) is 18.9. The summed E-state index contributed by atoms with van der Waals surface area (Å²) in [5.74, 6) is -2.15. The molecule has 0 spiro atoms. The van der Waals surface area contributed by atoms with Crippen molar-refractivity contribution in [1.29, 1.82) is 0 Å². The summed E-state index contributed by atoms with van der Waals surface area (Å²) in [4.78, 5) is 72.7. The Labute approximate surface area is 573 Å². The summed E-state index contributed by atoms with van der Waals surface area (Å²) in [7, 11) is -9.92. The fourth-order valence-corrected chi connectivity index (χ4v) is 12.6. The van der Waals surface area contributed by atoms with Crippen molar-refractivity contribution in [3.05, 3.63) is 24.3 Å². The maximum atomic E-state index is 13.1. The Morgan fingerprint density at radius 2 is 0.511 bits per heavy atom. The lowest BCUT2D eigenvalue weighted by Gasteiger charge is -2.21. The van der Waals surface area contributed by atoms with Crippen LogP contribution in [0.3, 0.4) is 0 Å². The molecule has 0 aliphatic rings. The lowest BCUT2D eigenvalue weighted by molar-refractivity contribution is -0.161. The van der Waals surface area contributed by atoms with E-state index in [9.17, 15) is 43.2 Å². The minimum absolute atomic E-state index is 0.102. The van der Waals surface area contributed by atoms with Gasteiger partial charge in [-0.05, 0) is 51.4 Å². The number of hydrogen-bond acceptors (Lipinski definition) is 15. The van der Waals surface area contributed by atoms with Gasteiger partial charge in [0.25, 0.3) is 0 Å². The van der Waals surface area contributed by atoms with Crippen LogP contribution in [0.15, 0.2) is 24.3 Å². The van der Waals surface area contributed by atoms with Crippen molar-refractivity contribution in [2.24, 2.45) is 0 Å². The Morgan fingerprint density at radius 1 is 0.298 bits per heavy atom. The van der Waals surface area contributed by atoms with Crippen LogP contribution in [-0.4, -0.2) is 96.7 Å². The van der Waals surface area contributed by atoms with Gasteiger partial charge < -0.3 is 33.8 Å². The predicted octanol–water partition coefficient (Wildman–Crippen LogP) is 21.8. The summed E-state index contributed by atoms with van der Waals surface area (Å²) >= 11 is 0. The van der Waals surface area contributed by atoms with Gasteiger partial charge in [-0.2, -0.15) is 0 Å². The average molecular weight is 1380 g/mol. The molecule has 0 saturated carbocycles. The molecule has 0 aromatic rings. The maximum Gasteiger partial charge on any atom is 0.472 e. The molecule has 19 heteroatoms. The lowest BCUT2D eigenvalue weighted by atomic mass is 10.0. The highest BCUT2D eigenvalue weighted by molar-refractivity contribution is 7.47. The second-order valence-electron chi connectivity index (χ2n) is 26.4. The Balaban J connectivity index is 5.25. The molecule has 0 fully saturated rings. The lowest BCUT2D eigenvalue weighted by Crippen LogP contribution is -2.30. The van der Waals surface area contributed by atoms with Crippen molar-refractivity contribution < 1.29 is 80.2 Å². The number of carbonyl (C=O) groups excluding carboxylic acids is 4. The van der Waals surface area contributed by atoms with Crippen molar-refractivity contribution in [3.63, 3.8) is 0 Å². The number of ether oxygens (including phenoxy) is 4. The quantitative estimate of drug-likeness (QED) is 0.0169. The molecule has 0 aliphatic carbocycles. The minimum atomic E-state index is -4.96. The van der Waals surface area contributed by atoms with Gasteiger partial charge in [-0.1, -0.05) is 322 Å². The van der Waals surface area contributed by atoms with Crippen LogP contribution >= 0.6 is 15.6 Å². The van der Waals surface area contributed by atoms with Gasteiger partial charge in [-0.25, -0.2) is 9.13 Å². The summed E-state index contributed by atoms with van der Waals surface area (Å²) < 4.78 is 68.4. The number of unbranched alkanes of at least 4 members (excludes halogenated alkanes) is 45. The molecule has 2 unspecified atom stereocenters. The van der Waals surface area contributed by atoms with E-state index in [0.29, 0.717) is 25.7 Å². The third-order valence-electron chi connectivity index (χ3n) is 17.0. The molecule has 5 atom stereocenters. The van der Waals surface area contributed by atoms with Crippen molar-refractivity contribution in [2.75, 3.05) is 39.6 Å². The van der Waals surface area contributed by atoms with Gasteiger partial charge in [0.1, 0.15) is 19.3 Å². The van der Waals surface area contributed by atoms with E-state index in [-0.39, 0.29) is 25.7 Å². The first-order valence-corrected chi connectivity index (χ1v) is 41.6. The number of hydrogen-bond donors (Lipinski definition) is 3. The third kappa shape index (κ3) is 68.1. The first-order chi connectivity index (χ1) is 45.7. The topological polar surface area (TPSA) is 237 Å². The highest BCUT2D eigenvalue weighted by Crippen LogP contribution is 2.45. The Hall–Kier alpha value is -2.46. The SMILES string of the molecule is CCCCCC/C=C\C=C/CCCCCCCC(=O)OC[C@H](COP(=O)(O)OC[C@@H](O)COP(=O)(O)OC[C@@H](COC(=O)CCCCCCCCCC)OC(=O)CCCCCCCCCCCCCCCCC)OC(=O)CCCCCCCCCCCCCCCCCC. The standard InChI is InChI=1S/C75H142O17P2/c1-5-9-13-17-21-25-28-31-34-37-40-43-46-50-54-58-62-75(80)92-71(66-86-73(78)60-56-52-48-44-41-38-35-32-29-26-22-18-14-10-6-2)68-90-94(83,84)88-64-69(76)63-87-93(81,82)89-67-70(65-85-72(77)59-55-51-47-24-20-16-12-8-4)91-74(79)61-57-53-49-45-42-39-36-33-30-27-23-19-15-11-7-3/h26,29,32,35,69-71,76H,5-25,27-28,30-31,33-34,36-68H2,1-4H3,(H,81,82)(H,83,84)/b29-26-,35-32-/t69-,70+,71+/m0/s1. The molecule has 0 saturated heterocycles. The summed E-state index contributed by atoms with van der Waals surface area (Å²) in [5.41, 5.74) is 0. The number of rotatable bonds is 74. The van der Waals surface area contributed by atoms with E-state index >= 15 is 0 Å². The molecule has 3 N–H and O–H groups in total. The second-order valence-corrected chi connectivity index (χ2v) is 29.3. The number of allylic oxidation sites excluding steroid dienone is 4. The molecule has 0 bridgehead atoms. The van der Waals surface area contributed by atoms with Gasteiger partial charge in [-0.15, -0.1) is 0 Å². The molecular formula is C75H142O17P2. The molecule has 0 radical (unpaired) electrons. The summed E-state index contributed by atoms with van der Waals surface area (Å²) in [6.07, 6.45) is 61.8. The maximum absolute atomic E-state index is 13.1. The zero-order valence-corrected chi connectivity index (χ0v) is 62.2. The van der Waals surface area contributed by atoms with Gasteiger partial charge in [0.05, 0.1) is 26.4 Å². The molecule has 0 aliphatic heterocycles. The predicted molar refractivity (Wildman–Crippen MR) is 381 cm³/mol. The van der Waals surface area contributed by atoms with Gasteiger partial charge in [0.2, 0.25) is 0 Å². The van der Waals surface area contributed by atoms with Crippen LogP contribution in [0.1, 0.15) is 374 Å². The van der Waals surface area contributed by atoms with Crippen LogP contribution in [0, 0.1) is 0 Å². The molecule has 0 aromatic carbocycles. The molecule has 554 valence electrons. The molecule has 0 aromatic heterocycles. The van der Waals surface area contributed by atoms with Gasteiger partial charge >= 0.3 is 39.5 Å². The number of phosphoric ester groups is 2. The Kier molecular flexibility index (Phi) is 67.2. The molecule has 0 rings (SSSR count). The first kappa shape index (κ1) is 91.5. The zero-order valence-electron chi connectivity index (χ0n) is 60.4. The van der Waals surface area contributed by atoms with Crippen molar-refractivity contribution in [1.82, 2.24) is 0 Å². The average Bonchev–Trinajstić information content (AvgIpc) is 1.30. The van der Waals surface area contributed by atoms with Crippen LogP contribution in [0.25, 0.3) is 0 Å². The number of phosphoric acid groups is 2. The van der Waals surface area contributed by atoms with Gasteiger partial charge in [0.15, 0.2) is 12.2 Å². The van der Waals surface area contributed by atoms with Crippen molar-refractivity contribution in [2.45, 2.75) is 393 Å². The van der Waals surface area contributed by atoms with Crippen LogP contribution < -0.4 is 0 Å².